The van der Waals surface area contributed by atoms with Crippen molar-refractivity contribution in [1.82, 2.24) is 0 Å². The van der Waals surface area contributed by atoms with Crippen LogP contribution in [0.5, 0.6) is 0 Å². The normalized spacial score (nSPS) is 12.5. The van der Waals surface area contributed by atoms with E-state index in [0.29, 0.717) is 11.1 Å². The Morgan fingerprint density at radius 1 is 1.00 bits per heavy atom. The van der Waals surface area contributed by atoms with Gasteiger partial charge in [0.15, 0.2) is 0 Å². The lowest BCUT2D eigenvalue weighted by molar-refractivity contribution is 0.219. The standard InChI is InChI=1S/C16H16BrFO/c1-9-4-5-13(17)8-14(9)16(19)12-6-10(2)15(18)11(3)7-12/h4-8,16,19H,1-3H3. The van der Waals surface area contributed by atoms with Crippen molar-refractivity contribution in [3.05, 3.63) is 68.4 Å². The zero-order chi connectivity index (χ0) is 14.2. The number of aliphatic hydroxyl groups excluding tert-OH is 1. The van der Waals surface area contributed by atoms with Gasteiger partial charge in [0.25, 0.3) is 0 Å². The molecule has 19 heavy (non-hydrogen) atoms. The molecular formula is C16H16BrFO. The van der Waals surface area contributed by atoms with Crippen LogP contribution >= 0.6 is 15.9 Å². The quantitative estimate of drug-likeness (QED) is 0.857. The predicted molar refractivity (Wildman–Crippen MR) is 78.8 cm³/mol. The van der Waals surface area contributed by atoms with E-state index >= 15 is 0 Å². The van der Waals surface area contributed by atoms with Crippen LogP contribution in [0.2, 0.25) is 0 Å². The van der Waals surface area contributed by atoms with E-state index in [-0.39, 0.29) is 5.82 Å². The Labute approximate surface area is 121 Å². The van der Waals surface area contributed by atoms with Gasteiger partial charge in [-0.15, -0.1) is 0 Å². The van der Waals surface area contributed by atoms with Gasteiger partial charge in [0.1, 0.15) is 11.9 Å². The van der Waals surface area contributed by atoms with Gasteiger partial charge in [0, 0.05) is 4.47 Å². The topological polar surface area (TPSA) is 20.2 Å². The van der Waals surface area contributed by atoms with Gasteiger partial charge in [-0.3, -0.25) is 0 Å². The largest absolute Gasteiger partial charge is 0.384 e. The summed E-state index contributed by atoms with van der Waals surface area (Å²) in [5, 5.41) is 10.5. The average molecular weight is 323 g/mol. The Balaban J connectivity index is 2.49. The van der Waals surface area contributed by atoms with Gasteiger partial charge < -0.3 is 5.11 Å². The fourth-order valence-corrected chi connectivity index (χ4v) is 2.60. The molecule has 0 aliphatic carbocycles. The van der Waals surface area contributed by atoms with E-state index in [1.54, 1.807) is 26.0 Å². The molecule has 0 aliphatic heterocycles. The molecule has 1 N–H and O–H groups in total. The molecule has 0 saturated carbocycles. The van der Waals surface area contributed by atoms with Crippen molar-refractivity contribution in [2.75, 3.05) is 0 Å². The highest BCUT2D eigenvalue weighted by atomic mass is 79.9. The number of benzene rings is 2. The van der Waals surface area contributed by atoms with E-state index in [9.17, 15) is 9.50 Å². The molecule has 0 spiro atoms. The van der Waals surface area contributed by atoms with E-state index in [2.05, 4.69) is 15.9 Å². The second-order valence-corrected chi connectivity index (χ2v) is 5.79. The molecule has 0 aromatic heterocycles. The summed E-state index contributed by atoms with van der Waals surface area (Å²) in [6, 6.07) is 9.19. The number of rotatable bonds is 2. The lowest BCUT2D eigenvalue weighted by atomic mass is 9.95. The summed E-state index contributed by atoms with van der Waals surface area (Å²) in [5.74, 6) is -0.207. The number of halogens is 2. The summed E-state index contributed by atoms with van der Waals surface area (Å²) in [5.41, 5.74) is 3.68. The van der Waals surface area contributed by atoms with Crippen LogP contribution in [0.1, 0.15) is 33.9 Å². The van der Waals surface area contributed by atoms with Crippen molar-refractivity contribution in [2.24, 2.45) is 0 Å². The first-order chi connectivity index (χ1) is 8.90. The van der Waals surface area contributed by atoms with Crippen LogP contribution in [0, 0.1) is 26.6 Å². The highest BCUT2D eigenvalue weighted by Crippen LogP contribution is 2.29. The van der Waals surface area contributed by atoms with Gasteiger partial charge in [-0.2, -0.15) is 0 Å². The van der Waals surface area contributed by atoms with Crippen molar-refractivity contribution in [3.63, 3.8) is 0 Å². The van der Waals surface area contributed by atoms with Crippen molar-refractivity contribution < 1.29 is 9.50 Å². The molecule has 0 amide bonds. The maximum atomic E-state index is 13.6. The lowest BCUT2D eigenvalue weighted by Gasteiger charge is -2.16. The SMILES string of the molecule is Cc1ccc(Br)cc1C(O)c1cc(C)c(F)c(C)c1. The molecule has 2 aromatic rings. The minimum Gasteiger partial charge on any atom is -0.384 e. The third-order valence-electron chi connectivity index (χ3n) is 3.31. The van der Waals surface area contributed by atoms with Gasteiger partial charge in [-0.1, -0.05) is 34.1 Å². The Kier molecular flexibility index (Phi) is 4.07. The highest BCUT2D eigenvalue weighted by Gasteiger charge is 2.15. The van der Waals surface area contributed by atoms with Crippen LogP contribution in [0.25, 0.3) is 0 Å². The molecule has 0 fully saturated rings. The summed E-state index contributed by atoms with van der Waals surface area (Å²) in [4.78, 5) is 0. The Hall–Kier alpha value is -1.19. The Bertz CT molecular complexity index is 599. The van der Waals surface area contributed by atoms with Crippen LogP contribution in [0.15, 0.2) is 34.8 Å². The Morgan fingerprint density at radius 2 is 1.58 bits per heavy atom. The molecule has 2 aromatic carbocycles. The first kappa shape index (κ1) is 14.2. The third-order valence-corrected chi connectivity index (χ3v) is 3.80. The number of aliphatic hydroxyl groups is 1. The molecular weight excluding hydrogens is 307 g/mol. The van der Waals surface area contributed by atoms with Crippen molar-refractivity contribution in [3.8, 4) is 0 Å². The zero-order valence-corrected chi connectivity index (χ0v) is 12.8. The maximum absolute atomic E-state index is 13.6. The van der Waals surface area contributed by atoms with Gasteiger partial charge >= 0.3 is 0 Å². The fourth-order valence-electron chi connectivity index (χ4n) is 2.22. The fraction of sp³-hybridized carbons (Fsp3) is 0.250. The van der Waals surface area contributed by atoms with Crippen LogP contribution in [0.3, 0.4) is 0 Å². The summed E-state index contributed by atoms with van der Waals surface area (Å²) in [6.07, 6.45) is -0.740. The molecule has 1 nitrogen and oxygen atoms in total. The van der Waals surface area contributed by atoms with E-state index in [1.807, 2.05) is 25.1 Å². The van der Waals surface area contributed by atoms with Crippen LogP contribution in [-0.4, -0.2) is 5.11 Å². The van der Waals surface area contributed by atoms with Gasteiger partial charge in [0.2, 0.25) is 0 Å². The maximum Gasteiger partial charge on any atom is 0.129 e. The first-order valence-electron chi connectivity index (χ1n) is 6.11. The van der Waals surface area contributed by atoms with Gasteiger partial charge in [0.05, 0.1) is 0 Å². The number of aryl methyl sites for hydroxylation is 3. The second kappa shape index (κ2) is 5.43. The third kappa shape index (κ3) is 2.88. The van der Waals surface area contributed by atoms with Gasteiger partial charge in [-0.05, 0) is 60.7 Å². The molecule has 100 valence electrons. The summed E-state index contributed by atoms with van der Waals surface area (Å²) < 4.78 is 14.6. The molecule has 0 radical (unpaired) electrons. The van der Waals surface area contributed by atoms with Crippen molar-refractivity contribution in [2.45, 2.75) is 26.9 Å². The van der Waals surface area contributed by atoms with Crippen LogP contribution in [-0.2, 0) is 0 Å². The van der Waals surface area contributed by atoms with Crippen molar-refractivity contribution in [1.29, 1.82) is 0 Å². The average Bonchev–Trinajstić information content (AvgIpc) is 2.37. The highest BCUT2D eigenvalue weighted by molar-refractivity contribution is 9.10. The predicted octanol–water partition coefficient (Wildman–Crippen LogP) is 4.60. The number of hydrogen-bond donors (Lipinski definition) is 1. The molecule has 0 aliphatic rings. The molecule has 0 heterocycles. The molecule has 2 rings (SSSR count). The van der Waals surface area contributed by atoms with Crippen LogP contribution in [0.4, 0.5) is 4.39 Å². The minimum atomic E-state index is -0.740. The zero-order valence-electron chi connectivity index (χ0n) is 11.2. The smallest absolute Gasteiger partial charge is 0.129 e. The molecule has 0 bridgehead atoms. The van der Waals surface area contributed by atoms with Gasteiger partial charge in [-0.25, -0.2) is 4.39 Å². The first-order valence-corrected chi connectivity index (χ1v) is 6.90. The molecule has 3 heteroatoms. The minimum absolute atomic E-state index is 0.207. The molecule has 0 saturated heterocycles. The monoisotopic (exact) mass is 322 g/mol. The van der Waals surface area contributed by atoms with E-state index in [0.717, 1.165) is 21.2 Å². The molecule has 1 atom stereocenters. The van der Waals surface area contributed by atoms with E-state index < -0.39 is 6.10 Å². The number of hydrogen-bond acceptors (Lipinski definition) is 1. The van der Waals surface area contributed by atoms with Crippen molar-refractivity contribution >= 4 is 15.9 Å². The summed E-state index contributed by atoms with van der Waals surface area (Å²) in [7, 11) is 0. The van der Waals surface area contributed by atoms with E-state index in [4.69, 9.17) is 0 Å². The van der Waals surface area contributed by atoms with Crippen LogP contribution < -0.4 is 0 Å². The summed E-state index contributed by atoms with van der Waals surface area (Å²) >= 11 is 3.41. The second-order valence-electron chi connectivity index (χ2n) is 4.87. The molecule has 1 unspecified atom stereocenters. The van der Waals surface area contributed by atoms with E-state index in [1.165, 1.54) is 0 Å². The Morgan fingerprint density at radius 3 is 2.16 bits per heavy atom. The summed E-state index contributed by atoms with van der Waals surface area (Å²) in [6.45, 7) is 5.38. The lowest BCUT2D eigenvalue weighted by Crippen LogP contribution is -2.04.